The highest BCUT2D eigenvalue weighted by molar-refractivity contribution is 6.23. The molecule has 0 radical (unpaired) electrons. The number of imide groups is 1. The molecule has 1 saturated heterocycles. The minimum absolute atomic E-state index is 0.0941. The third kappa shape index (κ3) is 2.20. The molecule has 7 rings (SSSR count). The normalized spacial score (nSPS) is 27.7. The van der Waals surface area contributed by atoms with E-state index in [0.29, 0.717) is 12.3 Å². The number of carbonyl (C=O) groups excluding carboxylic acids is 2. The molecule has 4 heteroatoms. The van der Waals surface area contributed by atoms with E-state index in [1.807, 2.05) is 55.5 Å². The molecule has 4 aliphatic rings. The minimum Gasteiger partial charge on any atom is -0.494 e. The summed E-state index contributed by atoms with van der Waals surface area (Å²) in [5.74, 6) is -0.344. The van der Waals surface area contributed by atoms with Gasteiger partial charge in [-0.05, 0) is 53.4 Å². The maximum atomic E-state index is 13.8. The first-order valence-electron chi connectivity index (χ1n) is 10.9. The van der Waals surface area contributed by atoms with Gasteiger partial charge in [0.05, 0.1) is 24.1 Å². The number of ether oxygens (including phenoxy) is 1. The molecule has 1 unspecified atom stereocenters. The summed E-state index contributed by atoms with van der Waals surface area (Å²) in [6, 6.07) is 23.9. The van der Waals surface area contributed by atoms with E-state index >= 15 is 0 Å². The zero-order valence-corrected chi connectivity index (χ0v) is 17.5. The molecule has 0 spiro atoms. The molecule has 4 nitrogen and oxygen atoms in total. The number of carbonyl (C=O) groups is 2. The van der Waals surface area contributed by atoms with Crippen LogP contribution in [0.25, 0.3) is 0 Å². The Morgan fingerprint density at radius 1 is 0.839 bits per heavy atom. The fraction of sp³-hybridized carbons (Fsp3) is 0.259. The number of rotatable bonds is 3. The summed E-state index contributed by atoms with van der Waals surface area (Å²) in [4.78, 5) is 29.0. The Morgan fingerprint density at radius 2 is 1.42 bits per heavy atom. The van der Waals surface area contributed by atoms with E-state index in [-0.39, 0.29) is 23.7 Å². The maximum absolute atomic E-state index is 13.8. The van der Waals surface area contributed by atoms with Gasteiger partial charge in [0, 0.05) is 11.3 Å². The Morgan fingerprint density at radius 3 is 2.00 bits per heavy atom. The van der Waals surface area contributed by atoms with Gasteiger partial charge in [0.25, 0.3) is 0 Å². The molecule has 3 aromatic rings. The van der Waals surface area contributed by atoms with E-state index in [2.05, 4.69) is 31.2 Å². The van der Waals surface area contributed by atoms with E-state index in [0.717, 1.165) is 5.75 Å². The second-order valence-electron chi connectivity index (χ2n) is 8.80. The average molecular weight is 409 g/mol. The third-order valence-electron chi connectivity index (χ3n) is 7.45. The zero-order chi connectivity index (χ0) is 21.3. The Labute approximate surface area is 181 Å². The van der Waals surface area contributed by atoms with Crippen molar-refractivity contribution in [3.63, 3.8) is 0 Å². The molecule has 0 saturated carbocycles. The Kier molecular flexibility index (Phi) is 3.73. The monoisotopic (exact) mass is 409 g/mol. The molecule has 1 fully saturated rings. The van der Waals surface area contributed by atoms with E-state index in [1.165, 1.54) is 27.2 Å². The maximum Gasteiger partial charge on any atom is 0.238 e. The molecular weight excluding hydrogens is 386 g/mol. The van der Waals surface area contributed by atoms with E-state index in [9.17, 15) is 9.59 Å². The van der Waals surface area contributed by atoms with Crippen LogP contribution in [0.5, 0.6) is 5.75 Å². The van der Waals surface area contributed by atoms with Crippen LogP contribution in [0.2, 0.25) is 0 Å². The lowest BCUT2D eigenvalue weighted by atomic mass is 9.48. The lowest BCUT2D eigenvalue weighted by molar-refractivity contribution is -0.123. The van der Waals surface area contributed by atoms with Gasteiger partial charge in [0.15, 0.2) is 0 Å². The van der Waals surface area contributed by atoms with Gasteiger partial charge in [-0.3, -0.25) is 9.59 Å². The minimum atomic E-state index is -0.528. The smallest absolute Gasteiger partial charge is 0.238 e. The molecule has 31 heavy (non-hydrogen) atoms. The van der Waals surface area contributed by atoms with Crippen LogP contribution in [-0.2, 0) is 15.0 Å². The fourth-order valence-corrected chi connectivity index (χ4v) is 6.26. The molecule has 0 N–H and O–H groups in total. The molecule has 3 aromatic carbocycles. The lowest BCUT2D eigenvalue weighted by Crippen LogP contribution is -2.51. The van der Waals surface area contributed by atoms with Crippen molar-refractivity contribution in [2.75, 3.05) is 11.5 Å². The molecule has 2 atom stereocenters. The van der Waals surface area contributed by atoms with Crippen LogP contribution in [0.3, 0.4) is 0 Å². The predicted octanol–water partition coefficient (Wildman–Crippen LogP) is 4.66. The lowest BCUT2D eigenvalue weighted by Gasteiger charge is -2.52. The molecule has 1 heterocycles. The van der Waals surface area contributed by atoms with Gasteiger partial charge >= 0.3 is 0 Å². The molecule has 1 aliphatic heterocycles. The van der Waals surface area contributed by atoms with Crippen molar-refractivity contribution in [2.45, 2.75) is 25.2 Å². The van der Waals surface area contributed by atoms with Crippen LogP contribution in [0.4, 0.5) is 5.69 Å². The number of hydrogen-bond acceptors (Lipinski definition) is 3. The zero-order valence-electron chi connectivity index (χ0n) is 17.5. The third-order valence-corrected chi connectivity index (χ3v) is 7.45. The summed E-state index contributed by atoms with van der Waals surface area (Å²) in [6.45, 7) is 4.64. The molecule has 0 aromatic heterocycles. The van der Waals surface area contributed by atoms with Gasteiger partial charge in [0.2, 0.25) is 11.8 Å². The van der Waals surface area contributed by atoms with E-state index in [4.69, 9.17) is 4.74 Å². The van der Waals surface area contributed by atoms with Crippen LogP contribution in [0, 0.1) is 11.8 Å². The topological polar surface area (TPSA) is 46.6 Å². The first kappa shape index (κ1) is 18.4. The highest BCUT2D eigenvalue weighted by Gasteiger charge is 2.66. The van der Waals surface area contributed by atoms with Crippen molar-refractivity contribution < 1.29 is 14.3 Å². The Balaban J connectivity index is 1.53. The summed E-state index contributed by atoms with van der Waals surface area (Å²) >= 11 is 0. The molecule has 3 aliphatic carbocycles. The number of benzene rings is 3. The molecule has 154 valence electrons. The molecule has 2 amide bonds. The van der Waals surface area contributed by atoms with Crippen molar-refractivity contribution >= 4 is 17.5 Å². The summed E-state index contributed by atoms with van der Waals surface area (Å²) < 4.78 is 5.53. The van der Waals surface area contributed by atoms with Crippen molar-refractivity contribution in [1.29, 1.82) is 0 Å². The van der Waals surface area contributed by atoms with Gasteiger partial charge in [-0.1, -0.05) is 55.5 Å². The Bertz CT molecular complexity index is 1180. The van der Waals surface area contributed by atoms with Crippen molar-refractivity contribution in [3.8, 4) is 5.75 Å². The van der Waals surface area contributed by atoms with Gasteiger partial charge in [-0.25, -0.2) is 4.90 Å². The number of amides is 2. The first-order chi connectivity index (χ1) is 15.1. The summed E-state index contributed by atoms with van der Waals surface area (Å²) in [5, 5.41) is 0. The standard InChI is InChI=1S/C27H23NO3/c1-3-31-17-14-12-16(13-15-17)28-25(29)23-22-18-8-4-6-10-20(18)27(2,24(23)26(28)30)21-11-7-5-9-19(21)22/h4-15,22-24H,3H2,1-2H3/t22?,23?,24-,27?/m0/s1. The summed E-state index contributed by atoms with van der Waals surface area (Å²) in [5.41, 5.74) is 4.80. The molecular formula is C27H23NO3. The van der Waals surface area contributed by atoms with Crippen LogP contribution in [0.1, 0.15) is 42.0 Å². The first-order valence-corrected chi connectivity index (χ1v) is 10.9. The fourth-order valence-electron chi connectivity index (χ4n) is 6.26. The van der Waals surface area contributed by atoms with Gasteiger partial charge in [0.1, 0.15) is 5.75 Å². The number of nitrogens with zero attached hydrogens (tertiary/aromatic N) is 1. The average Bonchev–Trinajstić information content (AvgIpc) is 3.07. The Hall–Kier alpha value is -3.40. The van der Waals surface area contributed by atoms with Gasteiger partial charge in [-0.2, -0.15) is 0 Å². The van der Waals surface area contributed by atoms with Crippen LogP contribution < -0.4 is 9.64 Å². The number of hydrogen-bond donors (Lipinski definition) is 0. The van der Waals surface area contributed by atoms with Crippen LogP contribution >= 0.6 is 0 Å². The SMILES string of the molecule is CCOc1ccc(N2C(=O)C3C4c5ccccc5C(C)(c5ccccc54)[C@@H]3C2=O)cc1. The highest BCUT2D eigenvalue weighted by Crippen LogP contribution is 2.64. The summed E-state index contributed by atoms with van der Waals surface area (Å²) in [6.07, 6.45) is 0. The quantitative estimate of drug-likeness (QED) is 0.592. The largest absolute Gasteiger partial charge is 0.494 e. The van der Waals surface area contributed by atoms with Crippen molar-refractivity contribution in [3.05, 3.63) is 95.1 Å². The van der Waals surface area contributed by atoms with Crippen molar-refractivity contribution in [1.82, 2.24) is 0 Å². The van der Waals surface area contributed by atoms with E-state index in [1.54, 1.807) is 0 Å². The number of anilines is 1. The molecule has 2 bridgehead atoms. The van der Waals surface area contributed by atoms with Crippen molar-refractivity contribution in [2.24, 2.45) is 11.8 Å². The van der Waals surface area contributed by atoms with Crippen LogP contribution in [0.15, 0.2) is 72.8 Å². The second kappa shape index (κ2) is 6.30. The summed E-state index contributed by atoms with van der Waals surface area (Å²) in [7, 11) is 0. The predicted molar refractivity (Wildman–Crippen MR) is 118 cm³/mol. The van der Waals surface area contributed by atoms with Gasteiger partial charge < -0.3 is 4.74 Å². The van der Waals surface area contributed by atoms with Gasteiger partial charge in [-0.15, -0.1) is 0 Å². The van der Waals surface area contributed by atoms with Crippen LogP contribution in [-0.4, -0.2) is 18.4 Å². The van der Waals surface area contributed by atoms with E-state index < -0.39 is 11.3 Å². The second-order valence-corrected chi connectivity index (χ2v) is 8.80. The highest BCUT2D eigenvalue weighted by atomic mass is 16.5.